The van der Waals surface area contributed by atoms with Gasteiger partial charge in [0.25, 0.3) is 0 Å². The first-order valence-electron chi connectivity index (χ1n) is 3.59. The maximum Gasteiger partial charge on any atom is 0.131 e. The van der Waals surface area contributed by atoms with Gasteiger partial charge in [-0.1, -0.05) is 0 Å². The van der Waals surface area contributed by atoms with E-state index < -0.39 is 0 Å². The van der Waals surface area contributed by atoms with Crippen LogP contribution in [0.15, 0.2) is 0 Å². The molecule has 1 N–H and O–H groups in total. The lowest BCUT2D eigenvalue weighted by Crippen LogP contribution is -2.42. The predicted octanol–water partition coefficient (Wildman–Crippen LogP) is -0.0461. The largest absolute Gasteiger partial charge is 0.379 e. The lowest BCUT2D eigenvalue weighted by molar-refractivity contribution is -0.118. The first-order valence-corrected chi connectivity index (χ1v) is 3.59. The molecule has 1 heterocycles. The third kappa shape index (κ3) is 2.45. The summed E-state index contributed by atoms with van der Waals surface area (Å²) in [6, 6.07) is 0.256. The second kappa shape index (κ2) is 3.68. The van der Waals surface area contributed by atoms with Crippen LogP contribution in [0.2, 0.25) is 0 Å². The monoisotopic (exact) mass is 143 g/mol. The lowest BCUT2D eigenvalue weighted by Gasteiger charge is -2.22. The molecule has 0 aromatic carbocycles. The quantitative estimate of drug-likeness (QED) is 0.589. The summed E-state index contributed by atoms with van der Waals surface area (Å²) in [6.45, 7) is 3.93. The van der Waals surface area contributed by atoms with Crippen molar-refractivity contribution in [3.05, 3.63) is 0 Å². The molecule has 3 nitrogen and oxygen atoms in total. The number of nitrogens with one attached hydrogen (secondary N) is 1. The average Bonchev–Trinajstić information content (AvgIpc) is 1.88. The summed E-state index contributed by atoms with van der Waals surface area (Å²) in [6.07, 6.45) is 0.597. The number of carbonyl (C=O) groups is 1. The number of ether oxygens (including phenoxy) is 1. The standard InChI is InChI=1S/C7H13NO2/c1-6(9)4-7-5-10-3-2-8-7/h7-8H,2-5H2,1H3/t7-/m1/s1. The molecule has 10 heavy (non-hydrogen) atoms. The topological polar surface area (TPSA) is 38.3 Å². The van der Waals surface area contributed by atoms with E-state index in [0.29, 0.717) is 13.0 Å². The smallest absolute Gasteiger partial charge is 0.131 e. The van der Waals surface area contributed by atoms with E-state index in [2.05, 4.69) is 5.32 Å². The second-order valence-corrected chi connectivity index (χ2v) is 2.63. The van der Waals surface area contributed by atoms with E-state index in [1.54, 1.807) is 6.92 Å². The summed E-state index contributed by atoms with van der Waals surface area (Å²) >= 11 is 0. The lowest BCUT2D eigenvalue weighted by atomic mass is 10.1. The van der Waals surface area contributed by atoms with Gasteiger partial charge in [0.15, 0.2) is 0 Å². The first-order chi connectivity index (χ1) is 4.79. The van der Waals surface area contributed by atoms with Crippen molar-refractivity contribution in [2.24, 2.45) is 0 Å². The Hall–Kier alpha value is -0.410. The minimum atomic E-state index is 0.225. The number of rotatable bonds is 2. The molecule has 0 bridgehead atoms. The highest BCUT2D eigenvalue weighted by Crippen LogP contribution is 1.97. The molecule has 0 radical (unpaired) electrons. The van der Waals surface area contributed by atoms with Gasteiger partial charge in [-0.3, -0.25) is 4.79 Å². The van der Waals surface area contributed by atoms with Crippen LogP contribution < -0.4 is 5.32 Å². The molecular formula is C7H13NO2. The number of hydrogen-bond acceptors (Lipinski definition) is 3. The fourth-order valence-corrected chi connectivity index (χ4v) is 1.10. The fraction of sp³-hybridized carbons (Fsp3) is 0.857. The molecule has 3 heteroatoms. The van der Waals surface area contributed by atoms with Gasteiger partial charge in [-0.15, -0.1) is 0 Å². The van der Waals surface area contributed by atoms with Crippen molar-refractivity contribution in [1.82, 2.24) is 5.32 Å². The second-order valence-electron chi connectivity index (χ2n) is 2.63. The molecule has 58 valence electrons. The maximum absolute atomic E-state index is 10.6. The highest BCUT2D eigenvalue weighted by atomic mass is 16.5. The van der Waals surface area contributed by atoms with Gasteiger partial charge in [0.05, 0.1) is 13.2 Å². The zero-order valence-corrected chi connectivity index (χ0v) is 6.22. The normalized spacial score (nSPS) is 26.3. The molecule has 1 aliphatic rings. The van der Waals surface area contributed by atoms with Crippen LogP contribution >= 0.6 is 0 Å². The highest BCUT2D eigenvalue weighted by molar-refractivity contribution is 5.76. The van der Waals surface area contributed by atoms with Crippen molar-refractivity contribution < 1.29 is 9.53 Å². The van der Waals surface area contributed by atoms with E-state index in [0.717, 1.165) is 13.2 Å². The molecule has 1 aliphatic heterocycles. The van der Waals surface area contributed by atoms with Crippen molar-refractivity contribution in [3.63, 3.8) is 0 Å². The van der Waals surface area contributed by atoms with E-state index in [9.17, 15) is 4.79 Å². The molecule has 0 saturated carbocycles. The zero-order valence-electron chi connectivity index (χ0n) is 6.22. The molecule has 1 rings (SSSR count). The summed E-state index contributed by atoms with van der Waals surface area (Å²) in [5.74, 6) is 0.225. The van der Waals surface area contributed by atoms with Crippen LogP contribution in [0.4, 0.5) is 0 Å². The van der Waals surface area contributed by atoms with E-state index in [4.69, 9.17) is 4.74 Å². The van der Waals surface area contributed by atoms with Crippen LogP contribution in [0.3, 0.4) is 0 Å². The fourth-order valence-electron chi connectivity index (χ4n) is 1.10. The Morgan fingerprint density at radius 2 is 2.60 bits per heavy atom. The molecular weight excluding hydrogens is 130 g/mol. The van der Waals surface area contributed by atoms with E-state index in [1.165, 1.54) is 0 Å². The van der Waals surface area contributed by atoms with Crippen LogP contribution in [0.1, 0.15) is 13.3 Å². The van der Waals surface area contributed by atoms with Crippen LogP contribution in [0.25, 0.3) is 0 Å². The van der Waals surface area contributed by atoms with Gasteiger partial charge >= 0.3 is 0 Å². The molecule has 0 spiro atoms. The summed E-state index contributed by atoms with van der Waals surface area (Å²) < 4.78 is 5.17. The summed E-state index contributed by atoms with van der Waals surface area (Å²) in [5.41, 5.74) is 0. The molecule has 0 aliphatic carbocycles. The average molecular weight is 143 g/mol. The molecule has 0 aromatic heterocycles. The minimum Gasteiger partial charge on any atom is -0.379 e. The van der Waals surface area contributed by atoms with E-state index >= 15 is 0 Å². The van der Waals surface area contributed by atoms with Gasteiger partial charge in [0.1, 0.15) is 5.78 Å². The third-order valence-corrected chi connectivity index (χ3v) is 1.53. The van der Waals surface area contributed by atoms with Crippen molar-refractivity contribution in [1.29, 1.82) is 0 Å². The van der Waals surface area contributed by atoms with Gasteiger partial charge in [-0.2, -0.15) is 0 Å². The van der Waals surface area contributed by atoms with E-state index in [-0.39, 0.29) is 11.8 Å². The highest BCUT2D eigenvalue weighted by Gasteiger charge is 2.13. The maximum atomic E-state index is 10.6. The van der Waals surface area contributed by atoms with Gasteiger partial charge in [0.2, 0.25) is 0 Å². The van der Waals surface area contributed by atoms with Crippen LogP contribution in [-0.2, 0) is 9.53 Å². The molecule has 0 amide bonds. The van der Waals surface area contributed by atoms with Crippen LogP contribution in [0.5, 0.6) is 0 Å². The predicted molar refractivity (Wildman–Crippen MR) is 37.9 cm³/mol. The number of morpholine rings is 1. The van der Waals surface area contributed by atoms with Gasteiger partial charge in [-0.05, 0) is 6.92 Å². The van der Waals surface area contributed by atoms with Gasteiger partial charge < -0.3 is 10.1 Å². The molecule has 1 fully saturated rings. The van der Waals surface area contributed by atoms with Crippen molar-refractivity contribution in [3.8, 4) is 0 Å². The first kappa shape index (κ1) is 7.69. The van der Waals surface area contributed by atoms with Gasteiger partial charge in [0, 0.05) is 19.0 Å². The SMILES string of the molecule is CC(=O)C[C@@H]1COCCN1. The summed E-state index contributed by atoms with van der Waals surface area (Å²) in [4.78, 5) is 10.6. The van der Waals surface area contributed by atoms with Crippen molar-refractivity contribution in [2.45, 2.75) is 19.4 Å². The van der Waals surface area contributed by atoms with Crippen molar-refractivity contribution >= 4 is 5.78 Å². The van der Waals surface area contributed by atoms with Crippen LogP contribution in [-0.4, -0.2) is 31.6 Å². The summed E-state index contributed by atoms with van der Waals surface area (Å²) in [5, 5.41) is 3.20. The Morgan fingerprint density at radius 3 is 3.10 bits per heavy atom. The number of ketones is 1. The Labute approximate surface area is 60.7 Å². The number of Topliss-reactive ketones (excluding diaryl/α,β-unsaturated/α-hetero) is 1. The van der Waals surface area contributed by atoms with E-state index in [1.807, 2.05) is 0 Å². The number of carbonyl (C=O) groups excluding carboxylic acids is 1. The minimum absolute atomic E-state index is 0.225. The van der Waals surface area contributed by atoms with Gasteiger partial charge in [-0.25, -0.2) is 0 Å². The Bertz CT molecular complexity index is 119. The summed E-state index contributed by atoms with van der Waals surface area (Å²) in [7, 11) is 0. The molecule has 1 saturated heterocycles. The zero-order chi connectivity index (χ0) is 7.40. The molecule has 0 aromatic rings. The van der Waals surface area contributed by atoms with Crippen LogP contribution in [0, 0.1) is 0 Å². The Kier molecular flexibility index (Phi) is 2.83. The molecule has 0 unspecified atom stereocenters. The Morgan fingerprint density at radius 1 is 1.80 bits per heavy atom. The Balaban J connectivity index is 2.19. The molecule has 1 atom stereocenters. The number of hydrogen-bond donors (Lipinski definition) is 1. The van der Waals surface area contributed by atoms with Crippen molar-refractivity contribution in [2.75, 3.05) is 19.8 Å². The third-order valence-electron chi connectivity index (χ3n) is 1.53.